The zero-order chi connectivity index (χ0) is 18.1. The molecule has 2 rings (SSSR count). The summed E-state index contributed by atoms with van der Waals surface area (Å²) < 4.78 is 4.57. The number of carbonyl (C=O) groups is 2. The Morgan fingerprint density at radius 2 is 2.00 bits per heavy atom. The van der Waals surface area contributed by atoms with Crippen LogP contribution in [0.15, 0.2) is 11.6 Å². The molecule has 2 bridgehead atoms. The molecule has 0 aromatic rings. The second-order valence-electron chi connectivity index (χ2n) is 6.21. The summed E-state index contributed by atoms with van der Waals surface area (Å²) in [6.07, 6.45) is 0.221. The van der Waals surface area contributed by atoms with Crippen LogP contribution in [0.2, 0.25) is 0 Å². The number of esters is 1. The minimum absolute atomic E-state index is 0.0398. The van der Waals surface area contributed by atoms with Crippen molar-refractivity contribution in [3.8, 4) is 0 Å². The maximum Gasteiger partial charge on any atom is 0.333 e. The largest absolute Gasteiger partial charge is 0.481 e. The molecular formula is C13H17N3O8. The molecule has 0 unspecified atom stereocenters. The topological polar surface area (TPSA) is 153 Å². The van der Waals surface area contributed by atoms with E-state index in [0.717, 1.165) is 13.2 Å². The normalized spacial score (nSPS) is 29.5. The van der Waals surface area contributed by atoms with Gasteiger partial charge in [-0.1, -0.05) is 0 Å². The van der Waals surface area contributed by atoms with Gasteiger partial charge in [-0.05, 0) is 0 Å². The van der Waals surface area contributed by atoms with E-state index in [4.69, 9.17) is 5.11 Å². The number of hydrogen-bond acceptors (Lipinski definition) is 8. The average Bonchev–Trinajstić information content (AvgIpc) is 2.50. The summed E-state index contributed by atoms with van der Waals surface area (Å²) in [5, 5.41) is 32.1. The lowest BCUT2D eigenvalue weighted by molar-refractivity contribution is -0.619. The van der Waals surface area contributed by atoms with E-state index >= 15 is 0 Å². The molecule has 1 heterocycles. The van der Waals surface area contributed by atoms with Gasteiger partial charge in [-0.3, -0.25) is 29.9 Å². The van der Waals surface area contributed by atoms with Gasteiger partial charge in [-0.2, -0.15) is 0 Å². The van der Waals surface area contributed by atoms with E-state index in [1.807, 2.05) is 0 Å². The second kappa shape index (κ2) is 6.15. The van der Waals surface area contributed by atoms with E-state index in [9.17, 15) is 29.8 Å². The van der Waals surface area contributed by atoms with Crippen molar-refractivity contribution in [3.05, 3.63) is 31.9 Å². The highest BCUT2D eigenvalue weighted by Crippen LogP contribution is 2.43. The van der Waals surface area contributed by atoms with Gasteiger partial charge in [-0.25, -0.2) is 4.79 Å². The van der Waals surface area contributed by atoms with Crippen LogP contribution < -0.4 is 0 Å². The van der Waals surface area contributed by atoms with Crippen LogP contribution in [0.1, 0.15) is 19.3 Å². The fraction of sp³-hybridized carbons (Fsp3) is 0.692. The van der Waals surface area contributed by atoms with Crippen molar-refractivity contribution in [1.82, 2.24) is 4.90 Å². The molecule has 0 aromatic carbocycles. The molecule has 0 saturated carbocycles. The van der Waals surface area contributed by atoms with Crippen LogP contribution in [0.25, 0.3) is 0 Å². The first kappa shape index (κ1) is 17.8. The summed E-state index contributed by atoms with van der Waals surface area (Å²) in [4.78, 5) is 46.0. The van der Waals surface area contributed by atoms with Gasteiger partial charge >= 0.3 is 11.9 Å². The van der Waals surface area contributed by atoms with Crippen molar-refractivity contribution in [1.29, 1.82) is 0 Å². The molecule has 1 fully saturated rings. The van der Waals surface area contributed by atoms with Crippen molar-refractivity contribution in [2.75, 3.05) is 26.7 Å². The third-order valence-corrected chi connectivity index (χ3v) is 4.45. The van der Waals surface area contributed by atoms with Crippen LogP contribution in [-0.2, 0) is 14.3 Å². The number of nitro groups is 2. The molecule has 11 heteroatoms. The van der Waals surface area contributed by atoms with Gasteiger partial charge < -0.3 is 9.84 Å². The predicted octanol–water partition coefficient (Wildman–Crippen LogP) is -0.299. The number of nitrogens with zero attached hydrogens (tertiary/aromatic N) is 3. The number of likely N-dealkylation sites (tertiary alicyclic amines) is 1. The fourth-order valence-corrected chi connectivity index (χ4v) is 3.52. The van der Waals surface area contributed by atoms with Gasteiger partial charge in [0, 0.05) is 28.0 Å². The molecule has 24 heavy (non-hydrogen) atoms. The number of hydrogen-bond donors (Lipinski definition) is 1. The van der Waals surface area contributed by atoms with Gasteiger partial charge in [-0.15, -0.1) is 0 Å². The Morgan fingerprint density at radius 3 is 2.50 bits per heavy atom. The van der Waals surface area contributed by atoms with Crippen molar-refractivity contribution in [2.45, 2.75) is 30.3 Å². The first-order valence-corrected chi connectivity index (χ1v) is 7.17. The highest BCUT2D eigenvalue weighted by Gasteiger charge is 2.64. The predicted molar refractivity (Wildman–Crippen MR) is 77.5 cm³/mol. The van der Waals surface area contributed by atoms with E-state index in [0.29, 0.717) is 0 Å². The third-order valence-electron chi connectivity index (χ3n) is 4.45. The summed E-state index contributed by atoms with van der Waals surface area (Å²) >= 11 is 0. The van der Waals surface area contributed by atoms with E-state index in [1.54, 1.807) is 0 Å². The molecule has 0 radical (unpaired) electrons. The number of ether oxygens (including phenoxy) is 1. The fourth-order valence-electron chi connectivity index (χ4n) is 3.52. The molecule has 1 aliphatic heterocycles. The Hall–Kier alpha value is -2.56. The van der Waals surface area contributed by atoms with E-state index in [1.165, 1.54) is 4.90 Å². The molecule has 0 amide bonds. The van der Waals surface area contributed by atoms with Crippen LogP contribution in [0.4, 0.5) is 0 Å². The summed E-state index contributed by atoms with van der Waals surface area (Å²) in [5.41, 5.74) is -3.62. The molecule has 1 aliphatic carbocycles. The lowest BCUT2D eigenvalue weighted by atomic mass is 9.69. The zero-order valence-electron chi connectivity index (χ0n) is 13.0. The SMILES string of the molecule is COC(=O)C1=C[C@@]2([N+](=O)[O-])CN(CCC(=O)O)C[C@]([N+](=O)[O-])(C1)C2. The standard InChI is InChI=1S/C13H17N3O8/c1-24-11(19)9-4-12(15(20)21)6-13(5-9,16(22)23)8-14(7-12)3-2-10(17)18/h4H,2-3,5-8H2,1H3,(H,17,18)/t12-,13-/m0/s1. The summed E-state index contributed by atoms with van der Waals surface area (Å²) in [6.45, 7) is -0.386. The van der Waals surface area contributed by atoms with Crippen LogP contribution in [0.5, 0.6) is 0 Å². The highest BCUT2D eigenvalue weighted by molar-refractivity contribution is 5.89. The van der Waals surface area contributed by atoms with Gasteiger partial charge in [0.25, 0.3) is 5.54 Å². The second-order valence-corrected chi connectivity index (χ2v) is 6.21. The maximum absolute atomic E-state index is 11.8. The number of aliphatic carboxylic acids is 1. The molecule has 132 valence electrons. The minimum Gasteiger partial charge on any atom is -0.481 e. The van der Waals surface area contributed by atoms with Crippen LogP contribution in [-0.4, -0.2) is 69.6 Å². The lowest BCUT2D eigenvalue weighted by Gasteiger charge is -2.44. The van der Waals surface area contributed by atoms with Gasteiger partial charge in [0.1, 0.15) is 0 Å². The zero-order valence-corrected chi connectivity index (χ0v) is 13.0. The quantitative estimate of drug-likeness (QED) is 0.389. The van der Waals surface area contributed by atoms with Crippen LogP contribution in [0, 0.1) is 20.2 Å². The van der Waals surface area contributed by atoms with Crippen LogP contribution >= 0.6 is 0 Å². The van der Waals surface area contributed by atoms with Crippen molar-refractivity contribution < 1.29 is 29.3 Å². The molecule has 2 aliphatic rings. The summed E-state index contributed by atoms with van der Waals surface area (Å²) in [7, 11) is 1.10. The Morgan fingerprint density at radius 1 is 1.33 bits per heavy atom. The minimum atomic E-state index is -1.81. The molecular weight excluding hydrogens is 326 g/mol. The maximum atomic E-state index is 11.8. The van der Waals surface area contributed by atoms with E-state index in [-0.39, 0.29) is 44.5 Å². The number of carboxylic acid groups (broad SMARTS) is 1. The van der Waals surface area contributed by atoms with Gasteiger partial charge in [0.15, 0.2) is 0 Å². The van der Waals surface area contributed by atoms with E-state index < -0.39 is 32.9 Å². The Balaban J connectivity index is 2.46. The average molecular weight is 343 g/mol. The number of fused-ring (bicyclic) bond motifs is 2. The van der Waals surface area contributed by atoms with Gasteiger partial charge in [0.2, 0.25) is 5.54 Å². The monoisotopic (exact) mass is 343 g/mol. The van der Waals surface area contributed by atoms with Crippen LogP contribution in [0.3, 0.4) is 0 Å². The van der Waals surface area contributed by atoms with Crippen molar-refractivity contribution in [2.24, 2.45) is 0 Å². The number of carboxylic acids is 1. The molecule has 1 N–H and O–H groups in total. The summed E-state index contributed by atoms with van der Waals surface area (Å²) in [5.74, 6) is -1.92. The number of rotatable bonds is 6. The van der Waals surface area contributed by atoms with Crippen molar-refractivity contribution >= 4 is 11.9 Å². The molecule has 0 spiro atoms. The Labute approximate surface area is 136 Å². The smallest absolute Gasteiger partial charge is 0.333 e. The summed E-state index contributed by atoms with van der Waals surface area (Å²) in [6, 6.07) is 0. The first-order valence-electron chi connectivity index (χ1n) is 7.17. The Kier molecular flexibility index (Phi) is 4.56. The van der Waals surface area contributed by atoms with Crippen molar-refractivity contribution in [3.63, 3.8) is 0 Å². The molecule has 11 nitrogen and oxygen atoms in total. The van der Waals surface area contributed by atoms with Gasteiger partial charge in [0.05, 0.1) is 39.5 Å². The highest BCUT2D eigenvalue weighted by atomic mass is 16.6. The molecule has 0 aromatic heterocycles. The third kappa shape index (κ3) is 3.07. The Bertz CT molecular complexity index is 633. The number of piperidine rings is 1. The number of methoxy groups -OCH3 is 1. The number of carbonyl (C=O) groups excluding carboxylic acids is 1. The first-order chi connectivity index (χ1) is 11.1. The molecule has 1 saturated heterocycles. The molecule has 2 atom stereocenters. The lowest BCUT2D eigenvalue weighted by Crippen LogP contribution is -2.67. The van der Waals surface area contributed by atoms with E-state index in [2.05, 4.69) is 4.74 Å².